The highest BCUT2D eigenvalue weighted by Gasteiger charge is 2.31. The molecule has 0 aliphatic rings. The predicted octanol–water partition coefficient (Wildman–Crippen LogP) is 1.94. The Morgan fingerprint density at radius 2 is 1.67 bits per heavy atom. The molecule has 0 aliphatic carbocycles. The Bertz CT molecular complexity index is 519. The molecule has 21 heavy (non-hydrogen) atoms. The molecule has 6 heteroatoms. The van der Waals surface area contributed by atoms with Crippen molar-refractivity contribution >= 4 is 17.8 Å². The normalized spacial score (nSPS) is 12.2. The Morgan fingerprint density at radius 1 is 1.10 bits per heavy atom. The van der Waals surface area contributed by atoms with Gasteiger partial charge in [-0.15, -0.1) is 0 Å². The topological polar surface area (TPSA) is 81.7 Å². The minimum absolute atomic E-state index is 0.295. The monoisotopic (exact) mass is 293 g/mol. The van der Waals surface area contributed by atoms with Gasteiger partial charge in [-0.2, -0.15) is 0 Å². The Morgan fingerprint density at radius 3 is 2.14 bits per heavy atom. The van der Waals surface area contributed by atoms with Gasteiger partial charge in [-0.05, 0) is 20.8 Å². The number of nitrogens with one attached hydrogen (secondary N) is 1. The van der Waals surface area contributed by atoms with Gasteiger partial charge in [-0.3, -0.25) is 4.79 Å². The van der Waals surface area contributed by atoms with E-state index in [1.807, 2.05) is 0 Å². The van der Waals surface area contributed by atoms with Crippen molar-refractivity contribution < 1.29 is 23.9 Å². The first-order chi connectivity index (χ1) is 9.74. The van der Waals surface area contributed by atoms with E-state index in [-0.39, 0.29) is 0 Å². The number of carbonyl (C=O) groups excluding carboxylic acids is 3. The zero-order valence-electron chi connectivity index (χ0n) is 12.5. The smallest absolute Gasteiger partial charge is 0.408 e. The molecule has 6 nitrogen and oxygen atoms in total. The molecule has 1 aromatic carbocycles. The first-order valence-corrected chi connectivity index (χ1v) is 6.41. The summed E-state index contributed by atoms with van der Waals surface area (Å²) in [5.41, 5.74) is -0.440. The molecule has 1 rings (SSSR count). The third-order valence-electron chi connectivity index (χ3n) is 2.42. The number of amides is 1. The Balaban J connectivity index is 2.89. The molecule has 114 valence electrons. The maximum atomic E-state index is 12.3. The van der Waals surface area contributed by atoms with E-state index in [9.17, 15) is 14.4 Å². The highest BCUT2D eigenvalue weighted by molar-refractivity contribution is 6.13. The fraction of sp³-hybridized carbons (Fsp3) is 0.400. The maximum absolute atomic E-state index is 12.3. The summed E-state index contributed by atoms with van der Waals surface area (Å²) in [4.78, 5) is 35.7. The SMILES string of the molecule is COC(=O)C(NC(=O)OC(C)(C)C)C(=O)c1ccccc1. The van der Waals surface area contributed by atoms with E-state index in [0.717, 1.165) is 7.11 Å². The Labute approximate surface area is 123 Å². The van der Waals surface area contributed by atoms with Gasteiger partial charge >= 0.3 is 12.1 Å². The standard InChI is InChI=1S/C15H19NO5/c1-15(2,3)21-14(19)16-11(13(18)20-4)12(17)10-8-6-5-7-9-10/h5-9,11H,1-4H3,(H,16,19). The summed E-state index contributed by atoms with van der Waals surface area (Å²) in [7, 11) is 1.14. The molecule has 1 amide bonds. The Hall–Kier alpha value is -2.37. The lowest BCUT2D eigenvalue weighted by molar-refractivity contribution is -0.141. The molecule has 1 unspecified atom stereocenters. The summed E-state index contributed by atoms with van der Waals surface area (Å²) in [5, 5.41) is 2.24. The molecule has 0 spiro atoms. The van der Waals surface area contributed by atoms with Crippen LogP contribution in [0, 0.1) is 0 Å². The average molecular weight is 293 g/mol. The number of benzene rings is 1. The molecule has 1 atom stereocenters. The largest absolute Gasteiger partial charge is 0.467 e. The number of carbonyl (C=O) groups is 3. The number of ether oxygens (including phenoxy) is 2. The van der Waals surface area contributed by atoms with Crippen molar-refractivity contribution in [2.75, 3.05) is 7.11 Å². The molecule has 0 fully saturated rings. The van der Waals surface area contributed by atoms with Gasteiger partial charge in [0.1, 0.15) is 5.60 Å². The molecular formula is C15H19NO5. The maximum Gasteiger partial charge on any atom is 0.408 e. The van der Waals surface area contributed by atoms with Gasteiger partial charge in [0.2, 0.25) is 0 Å². The van der Waals surface area contributed by atoms with Crippen LogP contribution in [0.3, 0.4) is 0 Å². The van der Waals surface area contributed by atoms with Crippen molar-refractivity contribution in [2.45, 2.75) is 32.4 Å². The van der Waals surface area contributed by atoms with Crippen molar-refractivity contribution in [2.24, 2.45) is 0 Å². The molecule has 0 heterocycles. The van der Waals surface area contributed by atoms with Crippen molar-refractivity contribution in [1.29, 1.82) is 0 Å². The second-order valence-electron chi connectivity index (χ2n) is 5.33. The highest BCUT2D eigenvalue weighted by Crippen LogP contribution is 2.09. The van der Waals surface area contributed by atoms with E-state index in [4.69, 9.17) is 4.74 Å². The van der Waals surface area contributed by atoms with E-state index in [0.29, 0.717) is 5.56 Å². The van der Waals surface area contributed by atoms with Gasteiger partial charge in [-0.1, -0.05) is 30.3 Å². The quantitative estimate of drug-likeness (QED) is 0.521. The first kappa shape index (κ1) is 16.7. The average Bonchev–Trinajstić information content (AvgIpc) is 2.42. The molecular weight excluding hydrogens is 274 g/mol. The molecule has 0 aromatic heterocycles. The van der Waals surface area contributed by atoms with E-state index < -0.39 is 29.5 Å². The molecule has 0 radical (unpaired) electrons. The number of hydrogen-bond acceptors (Lipinski definition) is 5. The van der Waals surface area contributed by atoms with E-state index >= 15 is 0 Å². The van der Waals surface area contributed by atoms with Crippen LogP contribution in [-0.4, -0.2) is 36.6 Å². The minimum Gasteiger partial charge on any atom is -0.467 e. The lowest BCUT2D eigenvalue weighted by Gasteiger charge is -2.22. The summed E-state index contributed by atoms with van der Waals surface area (Å²) in [5.74, 6) is -1.41. The number of esters is 1. The van der Waals surface area contributed by atoms with Crippen molar-refractivity contribution in [3.63, 3.8) is 0 Å². The van der Waals surface area contributed by atoms with Crippen LogP contribution in [-0.2, 0) is 14.3 Å². The number of Topliss-reactive ketones (excluding diaryl/α,β-unsaturated/α-hetero) is 1. The molecule has 0 aliphatic heterocycles. The van der Waals surface area contributed by atoms with Gasteiger partial charge < -0.3 is 14.8 Å². The predicted molar refractivity (Wildman–Crippen MR) is 75.9 cm³/mol. The lowest BCUT2D eigenvalue weighted by atomic mass is 10.0. The van der Waals surface area contributed by atoms with Crippen LogP contribution in [0.1, 0.15) is 31.1 Å². The number of alkyl carbamates (subject to hydrolysis) is 1. The number of hydrogen-bond donors (Lipinski definition) is 1. The second-order valence-corrected chi connectivity index (χ2v) is 5.33. The lowest BCUT2D eigenvalue weighted by Crippen LogP contribution is -2.48. The van der Waals surface area contributed by atoms with Crippen molar-refractivity contribution in [3.05, 3.63) is 35.9 Å². The minimum atomic E-state index is -1.44. The van der Waals surface area contributed by atoms with Crippen molar-refractivity contribution in [3.8, 4) is 0 Å². The van der Waals surface area contributed by atoms with Gasteiger partial charge in [0.15, 0.2) is 11.8 Å². The second kappa shape index (κ2) is 6.88. The first-order valence-electron chi connectivity index (χ1n) is 6.41. The number of rotatable bonds is 4. The van der Waals surface area contributed by atoms with Gasteiger partial charge in [-0.25, -0.2) is 9.59 Å². The molecule has 1 aromatic rings. The molecule has 0 bridgehead atoms. The van der Waals surface area contributed by atoms with E-state index in [2.05, 4.69) is 10.1 Å². The van der Waals surface area contributed by atoms with Crippen LogP contribution < -0.4 is 5.32 Å². The zero-order chi connectivity index (χ0) is 16.0. The van der Waals surface area contributed by atoms with Crippen molar-refractivity contribution in [1.82, 2.24) is 5.32 Å². The highest BCUT2D eigenvalue weighted by atomic mass is 16.6. The van der Waals surface area contributed by atoms with Gasteiger partial charge in [0, 0.05) is 5.56 Å². The number of methoxy groups -OCH3 is 1. The van der Waals surface area contributed by atoms with Gasteiger partial charge in [0.25, 0.3) is 0 Å². The Kier molecular flexibility index (Phi) is 5.46. The molecule has 0 saturated heterocycles. The van der Waals surface area contributed by atoms with E-state index in [1.54, 1.807) is 51.1 Å². The van der Waals surface area contributed by atoms with Crippen LogP contribution in [0.4, 0.5) is 4.79 Å². The van der Waals surface area contributed by atoms with Crippen LogP contribution in [0.5, 0.6) is 0 Å². The molecule has 0 saturated carbocycles. The molecule has 1 N–H and O–H groups in total. The van der Waals surface area contributed by atoms with Crippen LogP contribution in [0.25, 0.3) is 0 Å². The summed E-state index contributed by atoms with van der Waals surface area (Å²) >= 11 is 0. The fourth-order valence-electron chi connectivity index (χ4n) is 1.54. The fourth-order valence-corrected chi connectivity index (χ4v) is 1.54. The zero-order valence-corrected chi connectivity index (χ0v) is 12.5. The van der Waals surface area contributed by atoms with E-state index in [1.165, 1.54) is 0 Å². The third-order valence-corrected chi connectivity index (χ3v) is 2.42. The van der Waals surface area contributed by atoms with Gasteiger partial charge in [0.05, 0.1) is 7.11 Å². The van der Waals surface area contributed by atoms with Crippen LogP contribution in [0.15, 0.2) is 30.3 Å². The summed E-state index contributed by atoms with van der Waals surface area (Å²) < 4.78 is 9.59. The van der Waals surface area contributed by atoms with Crippen LogP contribution in [0.2, 0.25) is 0 Å². The van der Waals surface area contributed by atoms with Crippen LogP contribution >= 0.6 is 0 Å². The summed E-state index contributed by atoms with van der Waals surface area (Å²) in [6, 6.07) is 6.73. The summed E-state index contributed by atoms with van der Waals surface area (Å²) in [6.45, 7) is 5.04. The third kappa shape index (κ3) is 5.25. The number of ketones is 1. The summed E-state index contributed by atoms with van der Waals surface area (Å²) in [6.07, 6.45) is -0.859.